The van der Waals surface area contributed by atoms with Crippen LogP contribution in [0.2, 0.25) is 0 Å². The zero-order chi connectivity index (χ0) is 17.5. The molecule has 0 saturated heterocycles. The number of benzene rings is 1. The van der Waals surface area contributed by atoms with Crippen LogP contribution in [0, 0.1) is 12.7 Å². The molecule has 0 spiro atoms. The summed E-state index contributed by atoms with van der Waals surface area (Å²) in [5.74, 6) is 2.80. The predicted molar refractivity (Wildman–Crippen MR) is 106 cm³/mol. The van der Waals surface area contributed by atoms with Crippen LogP contribution in [0.1, 0.15) is 11.6 Å². The molecule has 2 aromatic rings. The van der Waals surface area contributed by atoms with Gasteiger partial charge in [-0.1, -0.05) is 0 Å². The van der Waals surface area contributed by atoms with Crippen molar-refractivity contribution in [2.24, 2.45) is 12.0 Å². The second-order valence-electron chi connectivity index (χ2n) is 5.35. The summed E-state index contributed by atoms with van der Waals surface area (Å²) in [6, 6.07) is 5.97. The van der Waals surface area contributed by atoms with Crippen molar-refractivity contribution in [2.75, 3.05) is 27.2 Å². The van der Waals surface area contributed by atoms with Crippen LogP contribution in [-0.4, -0.2) is 52.9 Å². The van der Waals surface area contributed by atoms with Gasteiger partial charge in [-0.15, -0.1) is 34.2 Å². The van der Waals surface area contributed by atoms with Crippen molar-refractivity contribution in [1.82, 2.24) is 25.0 Å². The van der Waals surface area contributed by atoms with Gasteiger partial charge in [0.15, 0.2) is 11.8 Å². The fourth-order valence-electron chi connectivity index (χ4n) is 2.08. The fourth-order valence-corrected chi connectivity index (χ4v) is 2.08. The smallest absolute Gasteiger partial charge is 0.193 e. The fraction of sp³-hybridized carbons (Fsp3) is 0.438. The van der Waals surface area contributed by atoms with Crippen LogP contribution in [0.5, 0.6) is 5.75 Å². The van der Waals surface area contributed by atoms with Gasteiger partial charge in [0.2, 0.25) is 0 Å². The van der Waals surface area contributed by atoms with Crippen molar-refractivity contribution in [3.05, 3.63) is 41.7 Å². The first-order valence-corrected chi connectivity index (χ1v) is 7.66. The molecule has 0 fully saturated rings. The molecular formula is C16H24FIN6O. The second kappa shape index (κ2) is 10.2. The molecule has 1 aromatic carbocycles. The van der Waals surface area contributed by atoms with Crippen molar-refractivity contribution in [1.29, 1.82) is 0 Å². The van der Waals surface area contributed by atoms with Gasteiger partial charge in [-0.25, -0.2) is 4.39 Å². The lowest BCUT2D eigenvalue weighted by Gasteiger charge is -2.22. The van der Waals surface area contributed by atoms with E-state index in [9.17, 15) is 4.39 Å². The molecule has 0 aliphatic carbocycles. The molecule has 0 saturated carbocycles. The number of aryl methyl sites for hydroxylation is 1. The number of aromatic nitrogens is 3. The Labute approximate surface area is 164 Å². The van der Waals surface area contributed by atoms with E-state index >= 15 is 0 Å². The van der Waals surface area contributed by atoms with Gasteiger partial charge in [0.25, 0.3) is 0 Å². The molecule has 0 aliphatic heterocycles. The molecule has 0 atom stereocenters. The summed E-state index contributed by atoms with van der Waals surface area (Å²) >= 11 is 0. The Morgan fingerprint density at radius 2 is 2.00 bits per heavy atom. The maximum atomic E-state index is 12.8. The Kier molecular flexibility index (Phi) is 8.59. The number of hydrogen-bond donors (Lipinski definition) is 1. The first kappa shape index (κ1) is 21.1. The van der Waals surface area contributed by atoms with Crippen LogP contribution in [0.15, 0.2) is 29.3 Å². The second-order valence-corrected chi connectivity index (χ2v) is 5.35. The highest BCUT2D eigenvalue weighted by Crippen LogP contribution is 2.10. The molecule has 25 heavy (non-hydrogen) atoms. The Balaban J connectivity index is 0.00000312. The number of guanidine groups is 1. The number of nitrogens with one attached hydrogen (secondary N) is 1. The molecule has 1 N–H and O–H groups in total. The normalized spacial score (nSPS) is 11.0. The van der Waals surface area contributed by atoms with Crippen molar-refractivity contribution in [2.45, 2.75) is 13.5 Å². The molecule has 0 unspecified atom stereocenters. The van der Waals surface area contributed by atoms with E-state index in [4.69, 9.17) is 4.74 Å². The summed E-state index contributed by atoms with van der Waals surface area (Å²) in [6.07, 6.45) is 0. The minimum Gasteiger partial charge on any atom is -0.492 e. The molecule has 1 aromatic heterocycles. The SMILES string of the molecule is CN=C(NCc1nnc(C)n1C)N(C)CCOc1ccc(F)cc1.I. The van der Waals surface area contributed by atoms with Gasteiger partial charge in [0.1, 0.15) is 24.0 Å². The maximum absolute atomic E-state index is 12.8. The minimum atomic E-state index is -0.275. The topological polar surface area (TPSA) is 67.6 Å². The largest absolute Gasteiger partial charge is 0.492 e. The Morgan fingerprint density at radius 1 is 1.32 bits per heavy atom. The van der Waals surface area contributed by atoms with Gasteiger partial charge in [0, 0.05) is 21.1 Å². The lowest BCUT2D eigenvalue weighted by molar-refractivity contribution is 0.281. The Morgan fingerprint density at radius 3 is 2.56 bits per heavy atom. The van der Waals surface area contributed by atoms with Gasteiger partial charge in [0.05, 0.1) is 13.1 Å². The molecule has 0 bridgehead atoms. The molecule has 0 amide bonds. The molecule has 138 valence electrons. The van der Waals surface area contributed by atoms with E-state index in [1.807, 2.05) is 30.5 Å². The summed E-state index contributed by atoms with van der Waals surface area (Å²) in [7, 11) is 5.57. The molecular weight excluding hydrogens is 438 g/mol. The summed E-state index contributed by atoms with van der Waals surface area (Å²) in [6.45, 7) is 3.54. The van der Waals surface area contributed by atoms with Crippen molar-refractivity contribution < 1.29 is 9.13 Å². The van der Waals surface area contributed by atoms with E-state index in [0.29, 0.717) is 25.4 Å². The van der Waals surface area contributed by atoms with Gasteiger partial charge in [-0.05, 0) is 31.2 Å². The minimum absolute atomic E-state index is 0. The molecule has 0 aliphatic rings. The first-order valence-electron chi connectivity index (χ1n) is 7.66. The first-order chi connectivity index (χ1) is 11.5. The summed E-state index contributed by atoms with van der Waals surface area (Å²) in [5.41, 5.74) is 0. The average molecular weight is 462 g/mol. The van der Waals surface area contributed by atoms with Crippen molar-refractivity contribution in [3.63, 3.8) is 0 Å². The number of halogens is 2. The van der Waals surface area contributed by atoms with E-state index in [-0.39, 0.29) is 29.8 Å². The standard InChI is InChI=1S/C16H23FN6O.HI/c1-12-20-21-15(23(12)4)11-19-16(18-2)22(3)9-10-24-14-7-5-13(17)6-8-14;/h5-8H,9-11H2,1-4H3,(H,18,19);1H. The average Bonchev–Trinajstić information content (AvgIpc) is 2.89. The summed E-state index contributed by atoms with van der Waals surface area (Å²) in [5, 5.41) is 11.4. The highest BCUT2D eigenvalue weighted by molar-refractivity contribution is 14.0. The van der Waals surface area contributed by atoms with Crippen LogP contribution in [0.4, 0.5) is 4.39 Å². The highest BCUT2D eigenvalue weighted by Gasteiger charge is 2.09. The number of ether oxygens (including phenoxy) is 1. The van der Waals surface area contributed by atoms with Crippen molar-refractivity contribution in [3.8, 4) is 5.75 Å². The number of aliphatic imine (C=N–C) groups is 1. The molecule has 0 radical (unpaired) electrons. The maximum Gasteiger partial charge on any atom is 0.193 e. The lowest BCUT2D eigenvalue weighted by Crippen LogP contribution is -2.40. The zero-order valence-electron chi connectivity index (χ0n) is 14.9. The van der Waals surface area contributed by atoms with Gasteiger partial charge < -0.3 is 19.5 Å². The third-order valence-corrected chi connectivity index (χ3v) is 3.67. The van der Waals surface area contributed by atoms with Gasteiger partial charge in [-0.3, -0.25) is 4.99 Å². The van der Waals surface area contributed by atoms with Crippen LogP contribution in [-0.2, 0) is 13.6 Å². The van der Waals surface area contributed by atoms with Gasteiger partial charge in [-0.2, -0.15) is 0 Å². The van der Waals surface area contributed by atoms with Crippen LogP contribution in [0.3, 0.4) is 0 Å². The molecule has 2 rings (SSSR count). The van der Waals surface area contributed by atoms with Crippen LogP contribution < -0.4 is 10.1 Å². The van der Waals surface area contributed by atoms with E-state index in [1.54, 1.807) is 19.2 Å². The molecule has 7 nitrogen and oxygen atoms in total. The van der Waals surface area contributed by atoms with Crippen LogP contribution in [0.25, 0.3) is 0 Å². The third-order valence-electron chi connectivity index (χ3n) is 3.67. The molecule has 1 heterocycles. The monoisotopic (exact) mass is 462 g/mol. The summed E-state index contributed by atoms with van der Waals surface area (Å²) in [4.78, 5) is 6.20. The Bertz CT molecular complexity index is 688. The van der Waals surface area contributed by atoms with E-state index in [1.165, 1.54) is 12.1 Å². The highest BCUT2D eigenvalue weighted by atomic mass is 127. The zero-order valence-corrected chi connectivity index (χ0v) is 17.2. The van der Waals surface area contributed by atoms with E-state index in [2.05, 4.69) is 20.5 Å². The quantitative estimate of drug-likeness (QED) is 0.404. The number of likely N-dealkylation sites (N-methyl/N-ethyl adjacent to an activating group) is 1. The number of hydrogen-bond acceptors (Lipinski definition) is 4. The number of rotatable bonds is 6. The van der Waals surface area contributed by atoms with E-state index < -0.39 is 0 Å². The lowest BCUT2D eigenvalue weighted by atomic mass is 10.3. The predicted octanol–water partition coefficient (Wildman–Crippen LogP) is 1.97. The van der Waals surface area contributed by atoms with Gasteiger partial charge >= 0.3 is 0 Å². The number of nitrogens with zero attached hydrogens (tertiary/aromatic N) is 5. The molecule has 9 heteroatoms. The Hall–Kier alpha value is -1.91. The summed E-state index contributed by atoms with van der Waals surface area (Å²) < 4.78 is 20.4. The van der Waals surface area contributed by atoms with Crippen LogP contribution >= 0.6 is 24.0 Å². The van der Waals surface area contributed by atoms with Crippen molar-refractivity contribution >= 4 is 29.9 Å². The third kappa shape index (κ3) is 6.15. The van der Waals surface area contributed by atoms with E-state index in [0.717, 1.165) is 17.6 Å².